The number of alkyl halides is 3. The Labute approximate surface area is 107 Å². The second-order valence-corrected chi connectivity index (χ2v) is 4.12. The molecule has 7 heteroatoms. The fourth-order valence-corrected chi connectivity index (χ4v) is 1.55. The van der Waals surface area contributed by atoms with Crippen LogP contribution in [0.1, 0.15) is 29.3 Å². The Balaban J connectivity index is 3.09. The Hall–Kier alpha value is -1.76. The van der Waals surface area contributed by atoms with E-state index < -0.39 is 23.3 Å². The maximum absolute atomic E-state index is 12.5. The summed E-state index contributed by atoms with van der Waals surface area (Å²) in [7, 11) is 0. The van der Waals surface area contributed by atoms with Gasteiger partial charge in [-0.15, -0.1) is 0 Å². The highest BCUT2D eigenvalue weighted by Crippen LogP contribution is 2.32. The summed E-state index contributed by atoms with van der Waals surface area (Å²) in [6.07, 6.45) is -4.22. The number of nitrogens with one attached hydrogen (secondary N) is 1. The molecule has 0 aliphatic carbocycles. The first-order chi connectivity index (χ1) is 8.75. The summed E-state index contributed by atoms with van der Waals surface area (Å²) in [6.45, 7) is 1.59. The molecule has 1 unspecified atom stereocenters. The number of carboxylic acid groups (broad SMARTS) is 1. The van der Waals surface area contributed by atoms with Crippen LogP contribution >= 0.6 is 0 Å². The van der Waals surface area contributed by atoms with Crippen molar-refractivity contribution in [3.63, 3.8) is 0 Å². The first-order valence-corrected chi connectivity index (χ1v) is 5.57. The summed E-state index contributed by atoms with van der Waals surface area (Å²) >= 11 is 0. The summed E-state index contributed by atoms with van der Waals surface area (Å²) in [4.78, 5) is 11.0. The van der Waals surface area contributed by atoms with Crippen LogP contribution in [-0.2, 0) is 6.18 Å². The topological polar surface area (TPSA) is 69.6 Å². The molecule has 4 nitrogen and oxygen atoms in total. The number of aliphatic hydroxyl groups is 1. The van der Waals surface area contributed by atoms with Crippen LogP contribution in [-0.4, -0.2) is 28.8 Å². The summed E-state index contributed by atoms with van der Waals surface area (Å²) < 4.78 is 37.5. The summed E-state index contributed by atoms with van der Waals surface area (Å²) in [5.74, 6) is -1.44. The van der Waals surface area contributed by atoms with Crippen molar-refractivity contribution >= 4 is 11.7 Å². The second kappa shape index (κ2) is 5.92. The highest BCUT2D eigenvalue weighted by atomic mass is 19.4. The van der Waals surface area contributed by atoms with E-state index in [2.05, 4.69) is 5.32 Å². The van der Waals surface area contributed by atoms with Crippen molar-refractivity contribution in [3.8, 4) is 0 Å². The monoisotopic (exact) mass is 277 g/mol. The Bertz CT molecular complexity index is 460. The SMILES string of the molecule is CC(CCO)Nc1ccc(C(F)(F)F)cc1C(=O)O. The molecule has 0 fully saturated rings. The Kier molecular flexibility index (Phi) is 4.77. The third-order valence-electron chi connectivity index (χ3n) is 2.54. The molecule has 0 amide bonds. The van der Waals surface area contributed by atoms with Gasteiger partial charge in [0.15, 0.2) is 0 Å². The number of benzene rings is 1. The molecule has 0 saturated heterocycles. The van der Waals surface area contributed by atoms with Crippen molar-refractivity contribution in [2.75, 3.05) is 11.9 Å². The van der Waals surface area contributed by atoms with E-state index in [1.54, 1.807) is 6.92 Å². The molecule has 1 atom stereocenters. The number of aromatic carboxylic acids is 1. The molecule has 0 saturated carbocycles. The van der Waals surface area contributed by atoms with Crippen molar-refractivity contribution in [1.29, 1.82) is 0 Å². The molecule has 0 spiro atoms. The van der Waals surface area contributed by atoms with Crippen molar-refractivity contribution in [2.24, 2.45) is 0 Å². The normalized spacial score (nSPS) is 13.1. The van der Waals surface area contributed by atoms with E-state index >= 15 is 0 Å². The van der Waals surface area contributed by atoms with E-state index in [0.29, 0.717) is 12.5 Å². The Morgan fingerprint density at radius 3 is 2.53 bits per heavy atom. The van der Waals surface area contributed by atoms with E-state index in [4.69, 9.17) is 10.2 Å². The minimum absolute atomic E-state index is 0.0986. The predicted molar refractivity (Wildman–Crippen MR) is 63.2 cm³/mol. The number of anilines is 1. The molecule has 106 valence electrons. The van der Waals surface area contributed by atoms with Crippen molar-refractivity contribution in [1.82, 2.24) is 0 Å². The smallest absolute Gasteiger partial charge is 0.416 e. The van der Waals surface area contributed by atoms with Crippen LogP contribution < -0.4 is 5.32 Å². The first kappa shape index (κ1) is 15.3. The maximum Gasteiger partial charge on any atom is 0.416 e. The predicted octanol–water partition coefficient (Wildman–Crippen LogP) is 2.59. The van der Waals surface area contributed by atoms with Gasteiger partial charge in [-0.1, -0.05) is 0 Å². The van der Waals surface area contributed by atoms with Crippen LogP contribution in [0.4, 0.5) is 18.9 Å². The zero-order valence-electron chi connectivity index (χ0n) is 10.2. The average Bonchev–Trinajstić information content (AvgIpc) is 2.27. The molecule has 19 heavy (non-hydrogen) atoms. The van der Waals surface area contributed by atoms with Gasteiger partial charge >= 0.3 is 12.1 Å². The van der Waals surface area contributed by atoms with Crippen LogP contribution in [0.15, 0.2) is 18.2 Å². The fourth-order valence-electron chi connectivity index (χ4n) is 1.55. The van der Waals surface area contributed by atoms with E-state index in [9.17, 15) is 18.0 Å². The van der Waals surface area contributed by atoms with Gasteiger partial charge < -0.3 is 15.5 Å². The third-order valence-corrected chi connectivity index (χ3v) is 2.54. The molecule has 3 N–H and O–H groups in total. The fraction of sp³-hybridized carbons (Fsp3) is 0.417. The molecule has 0 radical (unpaired) electrons. The van der Waals surface area contributed by atoms with Gasteiger partial charge in [-0.25, -0.2) is 4.79 Å². The van der Waals surface area contributed by atoms with Gasteiger partial charge in [0.05, 0.1) is 11.1 Å². The van der Waals surface area contributed by atoms with E-state index in [0.717, 1.165) is 12.1 Å². The number of carboxylic acids is 1. The van der Waals surface area contributed by atoms with Gasteiger partial charge in [0.25, 0.3) is 0 Å². The van der Waals surface area contributed by atoms with Crippen LogP contribution in [0.3, 0.4) is 0 Å². The maximum atomic E-state index is 12.5. The van der Waals surface area contributed by atoms with Gasteiger partial charge in [-0.2, -0.15) is 13.2 Å². The largest absolute Gasteiger partial charge is 0.478 e. The first-order valence-electron chi connectivity index (χ1n) is 5.57. The number of halogens is 3. The van der Waals surface area contributed by atoms with Gasteiger partial charge in [-0.05, 0) is 31.5 Å². The molecule has 0 bridgehead atoms. The second-order valence-electron chi connectivity index (χ2n) is 4.12. The van der Waals surface area contributed by atoms with Crippen LogP contribution in [0.5, 0.6) is 0 Å². The lowest BCUT2D eigenvalue weighted by Crippen LogP contribution is -2.19. The van der Waals surface area contributed by atoms with Crippen molar-refractivity contribution in [2.45, 2.75) is 25.6 Å². The number of carbonyl (C=O) groups is 1. The molecular weight excluding hydrogens is 263 g/mol. The van der Waals surface area contributed by atoms with E-state index in [1.165, 1.54) is 0 Å². The standard InChI is InChI=1S/C12H14F3NO3/c1-7(4-5-17)16-10-3-2-8(12(13,14)15)6-9(10)11(18)19/h2-3,6-7,16-17H,4-5H2,1H3,(H,18,19). The molecule has 0 heterocycles. The van der Waals surface area contributed by atoms with Gasteiger partial charge in [0.2, 0.25) is 0 Å². The number of aliphatic hydroxyl groups excluding tert-OH is 1. The number of hydrogen-bond donors (Lipinski definition) is 3. The zero-order valence-corrected chi connectivity index (χ0v) is 10.2. The Morgan fingerprint density at radius 1 is 1.42 bits per heavy atom. The molecule has 1 aromatic rings. The molecule has 0 aliphatic rings. The van der Waals surface area contributed by atoms with Crippen molar-refractivity contribution in [3.05, 3.63) is 29.3 Å². The van der Waals surface area contributed by atoms with Crippen LogP contribution in [0.2, 0.25) is 0 Å². The summed E-state index contributed by atoms with van der Waals surface area (Å²) in [5.41, 5.74) is -1.36. The lowest BCUT2D eigenvalue weighted by Gasteiger charge is -2.17. The number of hydrogen-bond acceptors (Lipinski definition) is 3. The molecule has 0 aliphatic heterocycles. The molecule has 1 rings (SSSR count). The van der Waals surface area contributed by atoms with Crippen molar-refractivity contribution < 1.29 is 28.2 Å². The number of rotatable bonds is 5. The van der Waals surface area contributed by atoms with Gasteiger partial charge in [0.1, 0.15) is 0 Å². The summed E-state index contributed by atoms with van der Waals surface area (Å²) in [6, 6.07) is 2.25. The lowest BCUT2D eigenvalue weighted by atomic mass is 10.1. The lowest BCUT2D eigenvalue weighted by molar-refractivity contribution is -0.137. The summed E-state index contributed by atoms with van der Waals surface area (Å²) in [5, 5.41) is 20.4. The quantitative estimate of drug-likeness (QED) is 0.773. The minimum Gasteiger partial charge on any atom is -0.478 e. The highest BCUT2D eigenvalue weighted by Gasteiger charge is 2.31. The van der Waals surface area contributed by atoms with Crippen LogP contribution in [0, 0.1) is 0 Å². The van der Waals surface area contributed by atoms with E-state index in [1.807, 2.05) is 0 Å². The van der Waals surface area contributed by atoms with Gasteiger partial charge in [-0.3, -0.25) is 0 Å². The molecule has 0 aromatic heterocycles. The molecular formula is C12H14F3NO3. The van der Waals surface area contributed by atoms with Crippen LogP contribution in [0.25, 0.3) is 0 Å². The van der Waals surface area contributed by atoms with Gasteiger partial charge in [0, 0.05) is 18.3 Å². The van der Waals surface area contributed by atoms with E-state index in [-0.39, 0.29) is 18.3 Å². The zero-order chi connectivity index (χ0) is 14.6. The minimum atomic E-state index is -4.58. The highest BCUT2D eigenvalue weighted by molar-refractivity contribution is 5.94. The average molecular weight is 277 g/mol. The third kappa shape index (κ3) is 4.13. The molecule has 1 aromatic carbocycles. The Morgan fingerprint density at radius 2 is 2.05 bits per heavy atom.